The van der Waals surface area contributed by atoms with Crippen molar-refractivity contribution in [3.63, 3.8) is 0 Å². The van der Waals surface area contributed by atoms with Crippen LogP contribution in [-0.4, -0.2) is 16.1 Å². The summed E-state index contributed by atoms with van der Waals surface area (Å²) in [5, 5.41) is 5.98. The van der Waals surface area contributed by atoms with Crippen LogP contribution in [0.25, 0.3) is 0 Å². The van der Waals surface area contributed by atoms with Crippen LogP contribution in [0.5, 0.6) is 0 Å². The summed E-state index contributed by atoms with van der Waals surface area (Å²) in [6.45, 7) is 0. The van der Waals surface area contributed by atoms with Gasteiger partial charge >= 0.3 is 0 Å². The standard InChI is InChI=1S/C23H14Cl6FN3O2/c24-13-3-2-11(8-12(13)21(34)33-17-4-1-10(30)7-16(17)31)32-22(35)19-18(23(19,28)29)9-5-14(25)20(27)15(26)6-9/h1-8,18-19H,31H2,(H,32,35)(H,33,34)/t18-,19+/m0/s1. The van der Waals surface area contributed by atoms with E-state index in [1.807, 2.05) is 0 Å². The Morgan fingerprint density at radius 3 is 2.17 bits per heavy atom. The van der Waals surface area contributed by atoms with E-state index in [9.17, 15) is 14.0 Å². The van der Waals surface area contributed by atoms with Gasteiger partial charge < -0.3 is 16.4 Å². The third kappa shape index (κ3) is 5.29. The first-order valence-corrected chi connectivity index (χ1v) is 12.2. The van der Waals surface area contributed by atoms with Crippen molar-refractivity contribution in [1.29, 1.82) is 0 Å². The van der Waals surface area contributed by atoms with E-state index < -0.39 is 33.8 Å². The molecule has 0 unspecified atom stereocenters. The maximum absolute atomic E-state index is 13.3. The minimum Gasteiger partial charge on any atom is -0.397 e. The SMILES string of the molecule is Nc1cc(F)ccc1NC(=O)c1cc(NC(=O)[C@H]2[C@H](c3cc(Cl)c(Cl)c(Cl)c3)C2(Cl)Cl)ccc1Cl. The lowest BCUT2D eigenvalue weighted by Crippen LogP contribution is -2.18. The summed E-state index contributed by atoms with van der Waals surface area (Å²) >= 11 is 37.2. The highest BCUT2D eigenvalue weighted by atomic mass is 35.5. The number of halogens is 7. The van der Waals surface area contributed by atoms with E-state index in [0.717, 1.165) is 12.1 Å². The zero-order chi connectivity index (χ0) is 25.7. The van der Waals surface area contributed by atoms with Crippen molar-refractivity contribution in [3.8, 4) is 0 Å². The molecule has 0 radical (unpaired) electrons. The fourth-order valence-electron chi connectivity index (χ4n) is 3.66. The monoisotopic (exact) mass is 593 g/mol. The van der Waals surface area contributed by atoms with Crippen LogP contribution in [0.4, 0.5) is 21.5 Å². The number of amides is 2. The normalized spacial score (nSPS) is 18.1. The van der Waals surface area contributed by atoms with E-state index in [0.29, 0.717) is 5.56 Å². The predicted molar refractivity (Wildman–Crippen MR) is 141 cm³/mol. The van der Waals surface area contributed by atoms with Gasteiger partial charge in [-0.1, -0.05) is 46.4 Å². The van der Waals surface area contributed by atoms with Crippen LogP contribution < -0.4 is 16.4 Å². The van der Waals surface area contributed by atoms with Crippen LogP contribution in [0.2, 0.25) is 20.1 Å². The predicted octanol–water partition coefficient (Wildman–Crippen LogP) is 7.80. The molecule has 1 aliphatic carbocycles. The number of nitrogen functional groups attached to an aromatic ring is 1. The Morgan fingerprint density at radius 2 is 1.54 bits per heavy atom. The molecule has 4 N–H and O–H groups in total. The second kappa shape index (κ2) is 9.85. The summed E-state index contributed by atoms with van der Waals surface area (Å²) < 4.78 is 11.9. The number of anilines is 3. The van der Waals surface area contributed by atoms with Crippen molar-refractivity contribution < 1.29 is 14.0 Å². The fourth-order valence-corrected chi connectivity index (χ4v) is 5.30. The second-order valence-corrected chi connectivity index (χ2v) is 10.8. The van der Waals surface area contributed by atoms with Crippen LogP contribution in [0.1, 0.15) is 21.8 Å². The Labute approximate surface area is 229 Å². The van der Waals surface area contributed by atoms with E-state index in [2.05, 4.69) is 10.6 Å². The first-order chi connectivity index (χ1) is 16.4. The van der Waals surface area contributed by atoms with Crippen molar-refractivity contribution in [2.75, 3.05) is 16.4 Å². The Balaban J connectivity index is 1.52. The van der Waals surface area contributed by atoms with Gasteiger partial charge in [-0.15, -0.1) is 23.2 Å². The molecule has 3 aromatic rings. The lowest BCUT2D eigenvalue weighted by molar-refractivity contribution is -0.117. The number of rotatable bonds is 5. The quantitative estimate of drug-likeness (QED) is 0.160. The third-order valence-electron chi connectivity index (χ3n) is 5.44. The minimum atomic E-state index is -1.41. The Morgan fingerprint density at radius 1 is 0.886 bits per heavy atom. The molecule has 3 aromatic carbocycles. The van der Waals surface area contributed by atoms with Gasteiger partial charge in [-0.25, -0.2) is 4.39 Å². The summed E-state index contributed by atoms with van der Waals surface area (Å²) in [6, 6.07) is 11.0. The molecule has 1 saturated carbocycles. The molecule has 0 heterocycles. The second-order valence-electron chi connectivity index (χ2n) is 7.80. The average Bonchev–Trinajstić information content (AvgIpc) is 3.37. The van der Waals surface area contributed by atoms with Gasteiger partial charge in [-0.2, -0.15) is 0 Å². The minimum absolute atomic E-state index is 0.0432. The highest BCUT2D eigenvalue weighted by Crippen LogP contribution is 2.65. The van der Waals surface area contributed by atoms with Crippen molar-refractivity contribution in [2.24, 2.45) is 5.92 Å². The van der Waals surface area contributed by atoms with E-state index in [1.54, 1.807) is 12.1 Å². The zero-order valence-corrected chi connectivity index (χ0v) is 21.8. The fraction of sp³-hybridized carbons (Fsp3) is 0.130. The van der Waals surface area contributed by atoms with Gasteiger partial charge in [0.25, 0.3) is 5.91 Å². The smallest absolute Gasteiger partial charge is 0.257 e. The zero-order valence-electron chi connectivity index (χ0n) is 17.3. The van der Waals surface area contributed by atoms with Gasteiger partial charge in [-0.05, 0) is 54.1 Å². The van der Waals surface area contributed by atoms with Gasteiger partial charge in [0.15, 0.2) is 0 Å². The molecule has 2 atom stereocenters. The van der Waals surface area contributed by atoms with Crippen molar-refractivity contribution in [2.45, 2.75) is 10.3 Å². The van der Waals surface area contributed by atoms with Gasteiger partial charge in [0.05, 0.1) is 42.9 Å². The number of hydrogen-bond donors (Lipinski definition) is 3. The summed E-state index contributed by atoms with van der Waals surface area (Å²) in [4.78, 5) is 25.7. The molecular weight excluding hydrogens is 582 g/mol. The average molecular weight is 596 g/mol. The Hall–Kier alpha value is -1.93. The van der Waals surface area contributed by atoms with Gasteiger partial charge in [0.1, 0.15) is 10.2 Å². The highest BCUT2D eigenvalue weighted by Gasteiger charge is 2.67. The molecule has 1 aliphatic rings. The third-order valence-corrected chi connectivity index (χ3v) is 7.91. The number of carbonyl (C=O) groups is 2. The number of carbonyl (C=O) groups excluding carboxylic acids is 2. The van der Waals surface area contributed by atoms with Gasteiger partial charge in [0, 0.05) is 11.6 Å². The molecular formula is C23H14Cl6FN3O2. The molecule has 182 valence electrons. The number of nitrogens with one attached hydrogen (secondary N) is 2. The molecule has 2 amide bonds. The van der Waals surface area contributed by atoms with Crippen LogP contribution in [0.15, 0.2) is 48.5 Å². The van der Waals surface area contributed by atoms with Gasteiger partial charge in [-0.3, -0.25) is 9.59 Å². The molecule has 5 nitrogen and oxygen atoms in total. The lowest BCUT2D eigenvalue weighted by atomic mass is 10.1. The topological polar surface area (TPSA) is 84.2 Å². The van der Waals surface area contributed by atoms with E-state index in [-0.39, 0.29) is 42.7 Å². The first kappa shape index (κ1) is 26.1. The Kier molecular flexibility index (Phi) is 7.36. The summed E-state index contributed by atoms with van der Waals surface area (Å²) in [7, 11) is 0. The molecule has 0 saturated heterocycles. The maximum atomic E-state index is 13.3. The van der Waals surface area contributed by atoms with Crippen LogP contribution >= 0.6 is 69.6 Å². The first-order valence-electron chi connectivity index (χ1n) is 9.89. The van der Waals surface area contributed by atoms with Crippen molar-refractivity contribution in [1.82, 2.24) is 0 Å². The largest absolute Gasteiger partial charge is 0.397 e. The number of hydrogen-bond acceptors (Lipinski definition) is 3. The summed E-state index contributed by atoms with van der Waals surface area (Å²) in [6.07, 6.45) is 0. The van der Waals surface area contributed by atoms with Crippen LogP contribution in [0.3, 0.4) is 0 Å². The molecule has 4 rings (SSSR count). The Bertz CT molecular complexity index is 1340. The number of nitrogens with two attached hydrogens (primary N) is 1. The summed E-state index contributed by atoms with van der Waals surface area (Å²) in [5.41, 5.74) is 6.88. The highest BCUT2D eigenvalue weighted by molar-refractivity contribution is 6.54. The molecule has 35 heavy (non-hydrogen) atoms. The van der Waals surface area contributed by atoms with E-state index in [1.165, 1.54) is 24.3 Å². The van der Waals surface area contributed by atoms with E-state index in [4.69, 9.17) is 75.3 Å². The van der Waals surface area contributed by atoms with Crippen molar-refractivity contribution >= 4 is 98.5 Å². The lowest BCUT2D eigenvalue weighted by Gasteiger charge is -2.11. The van der Waals surface area contributed by atoms with E-state index >= 15 is 0 Å². The summed E-state index contributed by atoms with van der Waals surface area (Å²) in [5.74, 6) is -3.05. The molecule has 1 fully saturated rings. The van der Waals surface area contributed by atoms with Gasteiger partial charge in [0.2, 0.25) is 5.91 Å². The van der Waals surface area contributed by atoms with Crippen molar-refractivity contribution in [3.05, 3.63) is 85.6 Å². The van der Waals surface area contributed by atoms with Crippen LogP contribution in [-0.2, 0) is 4.79 Å². The molecule has 0 aliphatic heterocycles. The molecule has 0 aromatic heterocycles. The molecule has 12 heteroatoms. The number of benzene rings is 3. The molecule has 0 spiro atoms. The van der Waals surface area contributed by atoms with Crippen LogP contribution in [0, 0.1) is 11.7 Å². The number of alkyl halides is 2. The maximum Gasteiger partial charge on any atom is 0.257 e. The molecule has 0 bridgehead atoms.